The minimum Gasteiger partial charge on any atom is -0.497 e. The Labute approximate surface area is 156 Å². The van der Waals surface area contributed by atoms with Gasteiger partial charge in [-0.05, 0) is 30.3 Å². The molecular weight excluding hydrogens is 349 g/mol. The molecule has 0 atom stereocenters. The largest absolute Gasteiger partial charge is 0.497 e. The molecule has 6 nitrogen and oxygen atoms in total. The monoisotopic (exact) mass is 367 g/mol. The lowest BCUT2D eigenvalue weighted by Gasteiger charge is -2.13. The van der Waals surface area contributed by atoms with Crippen molar-refractivity contribution in [2.24, 2.45) is 0 Å². The number of amides is 1. The van der Waals surface area contributed by atoms with Gasteiger partial charge in [0, 0.05) is 35.8 Å². The average molecular weight is 367 g/mol. The number of ether oxygens (including phenoxy) is 2. The first kappa shape index (κ1) is 18.2. The molecule has 0 saturated carbocycles. The minimum absolute atomic E-state index is 0.309. The Balaban J connectivity index is 1.85. The molecule has 1 heterocycles. The van der Waals surface area contributed by atoms with E-state index in [0.29, 0.717) is 34.3 Å². The van der Waals surface area contributed by atoms with Crippen LogP contribution in [0.15, 0.2) is 60.8 Å². The molecule has 27 heavy (non-hydrogen) atoms. The Kier molecular flexibility index (Phi) is 5.51. The summed E-state index contributed by atoms with van der Waals surface area (Å²) in [6.07, 6.45) is 1.55. The highest BCUT2D eigenvalue weighted by Gasteiger charge is 2.14. The lowest BCUT2D eigenvalue weighted by Crippen LogP contribution is -2.14. The summed E-state index contributed by atoms with van der Waals surface area (Å²) in [5, 5.41) is 5.76. The maximum Gasteiger partial charge on any atom is 0.259 e. The molecule has 0 radical (unpaired) electrons. The smallest absolute Gasteiger partial charge is 0.259 e. The summed E-state index contributed by atoms with van der Waals surface area (Å²) >= 11 is 0. The number of aromatic nitrogens is 1. The summed E-state index contributed by atoms with van der Waals surface area (Å²) < 4.78 is 23.8. The van der Waals surface area contributed by atoms with E-state index in [2.05, 4.69) is 15.6 Å². The van der Waals surface area contributed by atoms with Crippen molar-refractivity contribution in [3.63, 3.8) is 0 Å². The molecule has 0 fully saturated rings. The molecule has 0 bridgehead atoms. The third-order valence-corrected chi connectivity index (χ3v) is 3.75. The van der Waals surface area contributed by atoms with Crippen molar-refractivity contribution in [3.8, 4) is 11.5 Å². The van der Waals surface area contributed by atoms with Gasteiger partial charge in [0.2, 0.25) is 0 Å². The SMILES string of the molecule is COc1cc(NC(=O)c2cccnc2Nc2cccc(F)c2)cc(OC)c1. The number of methoxy groups -OCH3 is 2. The predicted molar refractivity (Wildman–Crippen MR) is 101 cm³/mol. The van der Waals surface area contributed by atoms with Gasteiger partial charge in [0.05, 0.1) is 19.8 Å². The van der Waals surface area contributed by atoms with Gasteiger partial charge in [0.25, 0.3) is 5.91 Å². The first-order valence-electron chi connectivity index (χ1n) is 8.11. The number of nitrogens with one attached hydrogen (secondary N) is 2. The number of carbonyl (C=O) groups is 1. The van der Waals surface area contributed by atoms with Crippen LogP contribution in [0.4, 0.5) is 21.6 Å². The van der Waals surface area contributed by atoms with Gasteiger partial charge in [0.15, 0.2) is 0 Å². The molecule has 2 N–H and O–H groups in total. The molecule has 0 spiro atoms. The van der Waals surface area contributed by atoms with E-state index in [0.717, 1.165) is 0 Å². The van der Waals surface area contributed by atoms with Crippen molar-refractivity contribution in [1.29, 1.82) is 0 Å². The van der Waals surface area contributed by atoms with Gasteiger partial charge in [0.1, 0.15) is 23.1 Å². The van der Waals surface area contributed by atoms with Crippen LogP contribution < -0.4 is 20.1 Å². The van der Waals surface area contributed by atoms with Crippen LogP contribution in [-0.4, -0.2) is 25.1 Å². The van der Waals surface area contributed by atoms with E-state index >= 15 is 0 Å². The fourth-order valence-corrected chi connectivity index (χ4v) is 2.47. The lowest BCUT2D eigenvalue weighted by atomic mass is 10.2. The van der Waals surface area contributed by atoms with Crippen LogP contribution in [0.3, 0.4) is 0 Å². The van der Waals surface area contributed by atoms with Gasteiger partial charge in [-0.2, -0.15) is 0 Å². The van der Waals surface area contributed by atoms with Crippen LogP contribution in [0.2, 0.25) is 0 Å². The molecule has 7 heteroatoms. The highest BCUT2D eigenvalue weighted by atomic mass is 19.1. The summed E-state index contributed by atoms with van der Waals surface area (Å²) in [6, 6.07) is 14.3. The van der Waals surface area contributed by atoms with E-state index in [9.17, 15) is 9.18 Å². The number of rotatable bonds is 6. The molecule has 0 aliphatic carbocycles. The highest BCUT2D eigenvalue weighted by Crippen LogP contribution is 2.27. The second-order valence-corrected chi connectivity index (χ2v) is 5.59. The van der Waals surface area contributed by atoms with Crippen LogP contribution in [-0.2, 0) is 0 Å². The Hall–Kier alpha value is -3.61. The maximum absolute atomic E-state index is 13.4. The number of hydrogen-bond donors (Lipinski definition) is 2. The van der Waals surface area contributed by atoms with Crippen molar-refractivity contribution < 1.29 is 18.7 Å². The van der Waals surface area contributed by atoms with Gasteiger partial charge < -0.3 is 20.1 Å². The van der Waals surface area contributed by atoms with Gasteiger partial charge >= 0.3 is 0 Å². The zero-order valence-electron chi connectivity index (χ0n) is 14.8. The number of benzene rings is 2. The molecule has 1 aromatic heterocycles. The molecule has 3 rings (SSSR count). The summed E-state index contributed by atoms with van der Waals surface area (Å²) in [7, 11) is 3.06. The highest BCUT2D eigenvalue weighted by molar-refractivity contribution is 6.08. The molecule has 0 saturated heterocycles. The fourth-order valence-electron chi connectivity index (χ4n) is 2.47. The third kappa shape index (κ3) is 4.52. The Morgan fingerprint density at radius 3 is 2.37 bits per heavy atom. The summed E-state index contributed by atoms with van der Waals surface area (Å²) in [5.41, 5.74) is 1.31. The molecular formula is C20H18FN3O3. The van der Waals surface area contributed by atoms with E-state index in [1.54, 1.807) is 48.7 Å². The van der Waals surface area contributed by atoms with Crippen LogP contribution in [0.25, 0.3) is 0 Å². The fraction of sp³-hybridized carbons (Fsp3) is 0.100. The number of hydrogen-bond acceptors (Lipinski definition) is 5. The van der Waals surface area contributed by atoms with Crippen LogP contribution in [0.1, 0.15) is 10.4 Å². The van der Waals surface area contributed by atoms with Crippen LogP contribution in [0, 0.1) is 5.82 Å². The summed E-state index contributed by atoms with van der Waals surface area (Å²) in [5.74, 6) is 0.654. The van der Waals surface area contributed by atoms with Gasteiger partial charge in [-0.15, -0.1) is 0 Å². The normalized spacial score (nSPS) is 10.2. The van der Waals surface area contributed by atoms with Crippen molar-refractivity contribution in [3.05, 3.63) is 72.2 Å². The Bertz CT molecular complexity index is 940. The number of pyridine rings is 1. The first-order chi connectivity index (χ1) is 13.1. The van der Waals surface area contributed by atoms with Crippen molar-refractivity contribution in [2.45, 2.75) is 0 Å². The van der Waals surface area contributed by atoms with Crippen molar-refractivity contribution in [2.75, 3.05) is 24.9 Å². The topological polar surface area (TPSA) is 72.5 Å². The van der Waals surface area contributed by atoms with Gasteiger partial charge in [-0.25, -0.2) is 9.37 Å². The molecule has 0 aliphatic heterocycles. The summed E-state index contributed by atoms with van der Waals surface area (Å²) in [6.45, 7) is 0. The molecule has 1 amide bonds. The molecule has 0 unspecified atom stereocenters. The zero-order valence-corrected chi connectivity index (χ0v) is 14.8. The third-order valence-electron chi connectivity index (χ3n) is 3.75. The predicted octanol–water partition coefficient (Wildman–Crippen LogP) is 4.23. The molecule has 2 aromatic carbocycles. The number of anilines is 3. The number of carbonyl (C=O) groups excluding carboxylic acids is 1. The first-order valence-corrected chi connectivity index (χ1v) is 8.11. The number of nitrogens with zero attached hydrogens (tertiary/aromatic N) is 1. The van der Waals surface area contributed by atoms with E-state index in [1.165, 1.54) is 26.4 Å². The Morgan fingerprint density at radius 1 is 0.963 bits per heavy atom. The zero-order chi connectivity index (χ0) is 19.2. The summed E-state index contributed by atoms with van der Waals surface area (Å²) in [4.78, 5) is 16.9. The Morgan fingerprint density at radius 2 is 1.70 bits per heavy atom. The quantitative estimate of drug-likeness (QED) is 0.682. The van der Waals surface area contributed by atoms with E-state index in [-0.39, 0.29) is 11.7 Å². The van der Waals surface area contributed by atoms with Gasteiger partial charge in [-0.1, -0.05) is 6.07 Å². The second-order valence-electron chi connectivity index (χ2n) is 5.59. The van der Waals surface area contributed by atoms with Crippen molar-refractivity contribution >= 4 is 23.1 Å². The van der Waals surface area contributed by atoms with Crippen molar-refractivity contribution in [1.82, 2.24) is 4.98 Å². The molecule has 0 aliphatic rings. The van der Waals surface area contributed by atoms with Crippen LogP contribution >= 0.6 is 0 Å². The average Bonchev–Trinajstić information content (AvgIpc) is 2.68. The molecule has 138 valence electrons. The lowest BCUT2D eigenvalue weighted by molar-refractivity contribution is 0.102. The molecule has 3 aromatic rings. The maximum atomic E-state index is 13.4. The van der Waals surface area contributed by atoms with Crippen LogP contribution in [0.5, 0.6) is 11.5 Å². The van der Waals surface area contributed by atoms with E-state index in [1.807, 2.05) is 0 Å². The van der Waals surface area contributed by atoms with Gasteiger partial charge in [-0.3, -0.25) is 4.79 Å². The second kappa shape index (κ2) is 8.18. The standard InChI is InChI=1S/C20H18FN3O3/c1-26-16-10-15(11-17(12-16)27-2)24-20(25)18-7-4-8-22-19(18)23-14-6-3-5-13(21)9-14/h3-12H,1-2H3,(H,22,23)(H,24,25). The van der Waals surface area contributed by atoms with E-state index < -0.39 is 0 Å². The number of halogens is 1. The van der Waals surface area contributed by atoms with E-state index in [4.69, 9.17) is 9.47 Å². The minimum atomic E-state index is -0.384.